The van der Waals surface area contributed by atoms with Crippen LogP contribution in [0.5, 0.6) is 5.75 Å². The molecule has 1 aliphatic rings. The number of hydrazone groups is 1. The monoisotopic (exact) mass is 429 g/mol. The highest BCUT2D eigenvalue weighted by molar-refractivity contribution is 6.01. The van der Waals surface area contributed by atoms with Crippen molar-refractivity contribution in [1.82, 2.24) is 5.43 Å². The van der Waals surface area contributed by atoms with Gasteiger partial charge in [-0.05, 0) is 91.8 Å². The van der Waals surface area contributed by atoms with Crippen molar-refractivity contribution < 1.29 is 9.90 Å². The number of aryl methyl sites for hydroxylation is 1. The molecule has 0 bridgehead atoms. The predicted molar refractivity (Wildman–Crippen MR) is 132 cm³/mol. The van der Waals surface area contributed by atoms with Gasteiger partial charge in [0.2, 0.25) is 0 Å². The molecule has 1 heterocycles. The van der Waals surface area contributed by atoms with Crippen LogP contribution in [0.4, 0.5) is 5.69 Å². The van der Waals surface area contributed by atoms with E-state index in [4.69, 9.17) is 0 Å². The average molecular weight is 430 g/mol. The molecule has 1 aliphatic heterocycles. The number of rotatable bonds is 4. The van der Waals surface area contributed by atoms with E-state index in [-0.39, 0.29) is 16.9 Å². The van der Waals surface area contributed by atoms with E-state index in [0.29, 0.717) is 5.92 Å². The van der Waals surface area contributed by atoms with E-state index in [0.717, 1.165) is 34.9 Å². The van der Waals surface area contributed by atoms with Gasteiger partial charge >= 0.3 is 0 Å². The summed E-state index contributed by atoms with van der Waals surface area (Å²) in [6.07, 6.45) is 2.78. The Bertz CT molecular complexity index is 1210. The molecule has 1 atom stereocenters. The van der Waals surface area contributed by atoms with Crippen LogP contribution in [0.1, 0.15) is 67.1 Å². The number of fused-ring (bicyclic) bond motifs is 2. The summed E-state index contributed by atoms with van der Waals surface area (Å²) < 4.78 is 0. The fourth-order valence-electron chi connectivity index (χ4n) is 5.02. The van der Waals surface area contributed by atoms with Crippen molar-refractivity contribution in [3.05, 3.63) is 70.8 Å². The topological polar surface area (TPSA) is 64.9 Å². The van der Waals surface area contributed by atoms with E-state index >= 15 is 0 Å². The Morgan fingerprint density at radius 2 is 1.91 bits per heavy atom. The minimum absolute atomic E-state index is 0.0579. The van der Waals surface area contributed by atoms with E-state index in [2.05, 4.69) is 62.2 Å². The fourth-order valence-corrected chi connectivity index (χ4v) is 5.02. The van der Waals surface area contributed by atoms with E-state index < -0.39 is 5.91 Å². The van der Waals surface area contributed by atoms with E-state index in [9.17, 15) is 9.90 Å². The molecule has 0 saturated carbocycles. The summed E-state index contributed by atoms with van der Waals surface area (Å²) in [5, 5.41) is 16.2. The summed E-state index contributed by atoms with van der Waals surface area (Å²) in [6.45, 7) is 12.1. The van der Waals surface area contributed by atoms with Crippen molar-refractivity contribution in [3.8, 4) is 5.75 Å². The summed E-state index contributed by atoms with van der Waals surface area (Å²) in [4.78, 5) is 15.1. The number of hydrogen-bond acceptors (Lipinski definition) is 4. The first kappa shape index (κ1) is 21.9. The number of amides is 1. The first-order valence-electron chi connectivity index (χ1n) is 11.2. The molecule has 0 unspecified atom stereocenters. The molecule has 0 aliphatic carbocycles. The number of nitrogens with zero attached hydrogens (tertiary/aromatic N) is 2. The summed E-state index contributed by atoms with van der Waals surface area (Å²) in [5.41, 5.74) is 7.59. The van der Waals surface area contributed by atoms with Crippen molar-refractivity contribution in [3.63, 3.8) is 0 Å². The van der Waals surface area contributed by atoms with Gasteiger partial charge in [-0.25, -0.2) is 5.43 Å². The molecule has 3 aromatic rings. The molecule has 2 N–H and O–H groups in total. The third-order valence-corrected chi connectivity index (χ3v) is 6.57. The maximum Gasteiger partial charge on any atom is 0.275 e. The molecular weight excluding hydrogens is 398 g/mol. The molecule has 0 spiro atoms. The lowest BCUT2D eigenvalue weighted by atomic mass is 9.79. The van der Waals surface area contributed by atoms with Crippen molar-refractivity contribution in [1.29, 1.82) is 0 Å². The van der Waals surface area contributed by atoms with Gasteiger partial charge in [-0.1, -0.05) is 31.2 Å². The number of aromatic hydroxyl groups is 1. The maximum absolute atomic E-state index is 12.6. The summed E-state index contributed by atoms with van der Waals surface area (Å²) >= 11 is 0. The Balaban J connectivity index is 1.58. The van der Waals surface area contributed by atoms with Crippen molar-refractivity contribution >= 4 is 28.6 Å². The standard InChI is InChI=1S/C27H31N3O2/c1-6-30-24-11-17(2)21(13-22(24)18(3)15-27(30,4)5)16-28-29-26(32)23-12-19-9-7-8-10-20(19)14-25(23)31/h7-14,16,18,31H,6,15H2,1-5H3,(H,29,32)/b28-16-/t18-/m1/s1. The second-order valence-electron chi connectivity index (χ2n) is 9.35. The first-order chi connectivity index (χ1) is 15.2. The molecule has 1 amide bonds. The third-order valence-electron chi connectivity index (χ3n) is 6.57. The van der Waals surface area contributed by atoms with Crippen LogP contribution in [0.2, 0.25) is 0 Å². The van der Waals surface area contributed by atoms with Crippen LogP contribution in [0.15, 0.2) is 53.6 Å². The number of phenols is 1. The molecule has 32 heavy (non-hydrogen) atoms. The van der Waals surface area contributed by atoms with Gasteiger partial charge in [0.25, 0.3) is 5.91 Å². The van der Waals surface area contributed by atoms with E-state index in [1.54, 1.807) is 18.3 Å². The fraction of sp³-hybridized carbons (Fsp3) is 0.333. The van der Waals surface area contributed by atoms with E-state index in [1.807, 2.05) is 24.3 Å². The van der Waals surface area contributed by atoms with Crippen LogP contribution >= 0.6 is 0 Å². The number of anilines is 1. The Morgan fingerprint density at radius 1 is 1.22 bits per heavy atom. The Morgan fingerprint density at radius 3 is 2.59 bits per heavy atom. The predicted octanol–water partition coefficient (Wildman–Crippen LogP) is 5.73. The molecule has 3 aromatic carbocycles. The SMILES string of the molecule is CCN1c2cc(C)c(/C=N\NC(=O)c3cc4ccccc4cc3O)cc2[C@H](C)CC1(C)C. The number of carbonyl (C=O) groups excluding carboxylic acids is 1. The lowest BCUT2D eigenvalue weighted by Gasteiger charge is -2.47. The van der Waals surface area contributed by atoms with Crippen LogP contribution in [0.25, 0.3) is 10.8 Å². The molecule has 0 fully saturated rings. The minimum Gasteiger partial charge on any atom is -0.507 e. The Hall–Kier alpha value is -3.34. The number of hydrogen-bond donors (Lipinski definition) is 2. The smallest absolute Gasteiger partial charge is 0.275 e. The van der Waals surface area contributed by atoms with Crippen LogP contribution < -0.4 is 10.3 Å². The first-order valence-corrected chi connectivity index (χ1v) is 11.2. The van der Waals surface area contributed by atoms with Crippen LogP contribution in [0, 0.1) is 6.92 Å². The van der Waals surface area contributed by atoms with Crippen molar-refractivity contribution in [2.24, 2.45) is 5.10 Å². The van der Waals surface area contributed by atoms with Gasteiger partial charge in [-0.15, -0.1) is 0 Å². The number of benzene rings is 3. The number of nitrogens with one attached hydrogen (secondary N) is 1. The number of phenolic OH excluding ortho intramolecular Hbond substituents is 1. The van der Waals surface area contributed by atoms with Gasteiger partial charge in [0.15, 0.2) is 0 Å². The highest BCUT2D eigenvalue weighted by Crippen LogP contribution is 2.44. The molecule has 5 nitrogen and oxygen atoms in total. The molecule has 166 valence electrons. The molecule has 5 heteroatoms. The van der Waals surface area contributed by atoms with Crippen molar-refractivity contribution in [2.75, 3.05) is 11.4 Å². The second-order valence-corrected chi connectivity index (χ2v) is 9.35. The van der Waals surface area contributed by atoms with Gasteiger partial charge in [-0.2, -0.15) is 5.10 Å². The lowest BCUT2D eigenvalue weighted by Crippen LogP contribution is -2.48. The van der Waals surface area contributed by atoms with Gasteiger partial charge in [0.1, 0.15) is 5.75 Å². The van der Waals surface area contributed by atoms with Crippen molar-refractivity contribution in [2.45, 2.75) is 52.5 Å². The Labute approximate surface area is 189 Å². The largest absolute Gasteiger partial charge is 0.507 e. The van der Waals surface area contributed by atoms with Gasteiger partial charge in [0, 0.05) is 17.8 Å². The Kier molecular flexibility index (Phi) is 5.68. The van der Waals surface area contributed by atoms with Gasteiger partial charge in [-0.3, -0.25) is 4.79 Å². The zero-order valence-electron chi connectivity index (χ0n) is 19.4. The average Bonchev–Trinajstić information content (AvgIpc) is 2.73. The van der Waals surface area contributed by atoms with Crippen LogP contribution in [-0.4, -0.2) is 29.3 Å². The quantitative estimate of drug-likeness (QED) is 0.411. The third kappa shape index (κ3) is 3.95. The highest BCUT2D eigenvalue weighted by Gasteiger charge is 2.35. The van der Waals surface area contributed by atoms with Crippen LogP contribution in [-0.2, 0) is 0 Å². The van der Waals surface area contributed by atoms with E-state index in [1.165, 1.54) is 11.3 Å². The summed E-state index contributed by atoms with van der Waals surface area (Å²) in [6, 6.07) is 15.3. The highest BCUT2D eigenvalue weighted by atomic mass is 16.3. The normalized spacial score (nSPS) is 17.5. The molecule has 4 rings (SSSR count). The summed E-state index contributed by atoms with van der Waals surface area (Å²) in [5.74, 6) is -0.0514. The van der Waals surface area contributed by atoms with Crippen LogP contribution in [0.3, 0.4) is 0 Å². The molecule has 0 aromatic heterocycles. The summed E-state index contributed by atoms with van der Waals surface area (Å²) in [7, 11) is 0. The van der Waals surface area contributed by atoms with Gasteiger partial charge < -0.3 is 10.0 Å². The zero-order valence-corrected chi connectivity index (χ0v) is 19.4. The van der Waals surface area contributed by atoms with Gasteiger partial charge in [0.05, 0.1) is 11.8 Å². The molecule has 0 radical (unpaired) electrons. The lowest BCUT2D eigenvalue weighted by molar-refractivity contribution is 0.0952. The molecular formula is C27H31N3O2. The zero-order chi connectivity index (χ0) is 23.0. The minimum atomic E-state index is -0.438. The second kappa shape index (κ2) is 8.30. The number of carbonyl (C=O) groups is 1. The molecule has 0 saturated heterocycles. The maximum atomic E-state index is 12.6.